The van der Waals surface area contributed by atoms with Crippen LogP contribution >= 0.6 is 0 Å². The first kappa shape index (κ1) is 11.9. The fraction of sp³-hybridized carbons (Fsp3) is 1.00. The van der Waals surface area contributed by atoms with Gasteiger partial charge in [0.25, 0.3) is 0 Å². The Morgan fingerprint density at radius 1 is 1.50 bits per heavy atom. The zero-order valence-corrected chi connectivity index (χ0v) is 9.33. The van der Waals surface area contributed by atoms with E-state index in [-0.39, 0.29) is 31.1 Å². The van der Waals surface area contributed by atoms with Gasteiger partial charge in [0, 0.05) is 13.1 Å². The fourth-order valence-electron chi connectivity index (χ4n) is 1.51. The molecule has 2 unspecified atom stereocenters. The average Bonchev–Trinajstić information content (AvgIpc) is 2.16. The lowest BCUT2D eigenvalue weighted by molar-refractivity contribution is -0.0750. The van der Waals surface area contributed by atoms with Crippen molar-refractivity contribution >= 4 is 10.0 Å². The van der Waals surface area contributed by atoms with Crippen molar-refractivity contribution in [3.8, 4) is 0 Å². The molecule has 5 nitrogen and oxygen atoms in total. The lowest BCUT2D eigenvalue weighted by atomic mass is 10.2. The topological polar surface area (TPSA) is 66.8 Å². The fourth-order valence-corrected chi connectivity index (χ4v) is 2.71. The lowest BCUT2D eigenvalue weighted by Gasteiger charge is -2.34. The summed E-state index contributed by atoms with van der Waals surface area (Å²) in [5.74, 6) is 0.0951. The summed E-state index contributed by atoms with van der Waals surface area (Å²) in [6.07, 6.45) is -0.540. The molecular weight excluding hydrogens is 206 g/mol. The van der Waals surface area contributed by atoms with E-state index in [1.54, 1.807) is 13.8 Å². The highest BCUT2D eigenvalue weighted by Gasteiger charge is 2.31. The predicted octanol–water partition coefficient (Wildman–Crippen LogP) is -0.582. The molecule has 1 N–H and O–H groups in total. The Bertz CT molecular complexity index is 277. The van der Waals surface area contributed by atoms with Gasteiger partial charge in [0.2, 0.25) is 10.0 Å². The van der Waals surface area contributed by atoms with E-state index in [9.17, 15) is 8.42 Å². The summed E-state index contributed by atoms with van der Waals surface area (Å²) in [7, 11) is -3.15. The Kier molecular flexibility index (Phi) is 3.88. The van der Waals surface area contributed by atoms with E-state index >= 15 is 0 Å². The second-order valence-corrected chi connectivity index (χ2v) is 5.73. The van der Waals surface area contributed by atoms with Crippen LogP contribution < -0.4 is 0 Å². The molecule has 0 amide bonds. The molecule has 1 fully saturated rings. The lowest BCUT2D eigenvalue weighted by Crippen LogP contribution is -2.50. The van der Waals surface area contributed by atoms with Crippen molar-refractivity contribution in [1.82, 2.24) is 4.31 Å². The molecule has 0 spiro atoms. The molecular formula is C8H17NO4S. The van der Waals surface area contributed by atoms with Gasteiger partial charge in [0.05, 0.1) is 24.6 Å². The number of ether oxygens (including phenoxy) is 1. The first-order chi connectivity index (χ1) is 6.49. The van der Waals surface area contributed by atoms with Crippen LogP contribution in [0.15, 0.2) is 0 Å². The Morgan fingerprint density at radius 2 is 2.14 bits per heavy atom. The monoisotopic (exact) mass is 223 g/mol. The van der Waals surface area contributed by atoms with E-state index in [0.717, 1.165) is 0 Å². The van der Waals surface area contributed by atoms with Crippen molar-refractivity contribution in [1.29, 1.82) is 0 Å². The Balaban J connectivity index is 2.71. The number of sulfonamides is 1. The molecule has 1 heterocycles. The second-order valence-electron chi connectivity index (χ2n) is 3.47. The maximum absolute atomic E-state index is 11.6. The number of rotatable bonds is 3. The maximum atomic E-state index is 11.6. The van der Waals surface area contributed by atoms with Gasteiger partial charge in [-0.25, -0.2) is 8.42 Å². The molecule has 6 heteroatoms. The number of nitrogens with zero attached hydrogens (tertiary/aromatic N) is 1. The van der Waals surface area contributed by atoms with Crippen molar-refractivity contribution in [2.45, 2.75) is 26.1 Å². The van der Waals surface area contributed by atoms with Crippen LogP contribution in [-0.2, 0) is 14.8 Å². The summed E-state index contributed by atoms with van der Waals surface area (Å²) < 4.78 is 29.8. The third-order valence-corrected chi connectivity index (χ3v) is 4.07. The van der Waals surface area contributed by atoms with Crippen molar-refractivity contribution in [2.75, 3.05) is 25.4 Å². The Hall–Kier alpha value is -0.170. The van der Waals surface area contributed by atoms with E-state index < -0.39 is 10.0 Å². The van der Waals surface area contributed by atoms with Crippen LogP contribution in [0.3, 0.4) is 0 Å². The van der Waals surface area contributed by atoms with Crippen molar-refractivity contribution in [3.05, 3.63) is 0 Å². The van der Waals surface area contributed by atoms with Gasteiger partial charge in [-0.3, -0.25) is 0 Å². The zero-order valence-electron chi connectivity index (χ0n) is 8.51. The van der Waals surface area contributed by atoms with Crippen molar-refractivity contribution in [2.24, 2.45) is 0 Å². The molecule has 1 rings (SSSR count). The highest BCUT2D eigenvalue weighted by Crippen LogP contribution is 2.14. The molecule has 2 atom stereocenters. The maximum Gasteiger partial charge on any atom is 0.214 e. The largest absolute Gasteiger partial charge is 0.394 e. The molecule has 0 aromatic heterocycles. The third kappa shape index (κ3) is 2.66. The quantitative estimate of drug-likeness (QED) is 0.695. The minimum Gasteiger partial charge on any atom is -0.394 e. The summed E-state index contributed by atoms with van der Waals surface area (Å²) in [6, 6.07) is 0. The second kappa shape index (κ2) is 4.57. The molecule has 0 aromatic rings. The number of aliphatic hydroxyl groups excluding tert-OH is 1. The molecule has 0 bridgehead atoms. The summed E-state index contributed by atoms with van der Waals surface area (Å²) >= 11 is 0. The molecule has 0 aromatic carbocycles. The van der Waals surface area contributed by atoms with Crippen LogP contribution in [0.5, 0.6) is 0 Å². The van der Waals surface area contributed by atoms with Crippen LogP contribution in [0.25, 0.3) is 0 Å². The summed E-state index contributed by atoms with van der Waals surface area (Å²) in [5, 5.41) is 8.92. The minimum atomic E-state index is -3.15. The van der Waals surface area contributed by atoms with E-state index in [1.807, 2.05) is 0 Å². The van der Waals surface area contributed by atoms with Crippen LogP contribution in [0.4, 0.5) is 0 Å². The SMILES string of the molecule is CCS(=O)(=O)N1CC(C)OC(CO)C1. The molecule has 1 saturated heterocycles. The first-order valence-corrected chi connectivity index (χ1v) is 6.34. The predicted molar refractivity (Wildman–Crippen MR) is 52.5 cm³/mol. The number of hydrogen-bond donors (Lipinski definition) is 1. The normalized spacial score (nSPS) is 30.5. The van der Waals surface area contributed by atoms with E-state index in [2.05, 4.69) is 0 Å². The van der Waals surface area contributed by atoms with E-state index in [1.165, 1.54) is 4.31 Å². The summed E-state index contributed by atoms with van der Waals surface area (Å²) in [4.78, 5) is 0. The number of aliphatic hydroxyl groups is 1. The van der Waals surface area contributed by atoms with Crippen LogP contribution in [0.2, 0.25) is 0 Å². The van der Waals surface area contributed by atoms with Gasteiger partial charge in [-0.2, -0.15) is 4.31 Å². The van der Waals surface area contributed by atoms with Crippen molar-refractivity contribution < 1.29 is 18.3 Å². The van der Waals surface area contributed by atoms with Gasteiger partial charge >= 0.3 is 0 Å². The smallest absolute Gasteiger partial charge is 0.214 e. The molecule has 1 aliphatic rings. The van der Waals surface area contributed by atoms with E-state index in [0.29, 0.717) is 6.54 Å². The molecule has 1 aliphatic heterocycles. The highest BCUT2D eigenvalue weighted by molar-refractivity contribution is 7.89. The van der Waals surface area contributed by atoms with E-state index in [4.69, 9.17) is 9.84 Å². The van der Waals surface area contributed by atoms with Gasteiger partial charge < -0.3 is 9.84 Å². The van der Waals surface area contributed by atoms with Crippen LogP contribution in [-0.4, -0.2) is 55.5 Å². The third-order valence-electron chi connectivity index (χ3n) is 2.25. The number of hydrogen-bond acceptors (Lipinski definition) is 4. The van der Waals surface area contributed by atoms with Gasteiger partial charge in [0.15, 0.2) is 0 Å². The van der Waals surface area contributed by atoms with Crippen molar-refractivity contribution in [3.63, 3.8) is 0 Å². The Labute approximate surface area is 84.7 Å². The molecule has 0 saturated carbocycles. The van der Waals surface area contributed by atoms with Gasteiger partial charge in [-0.15, -0.1) is 0 Å². The van der Waals surface area contributed by atoms with Gasteiger partial charge in [0.1, 0.15) is 0 Å². The molecule has 84 valence electrons. The van der Waals surface area contributed by atoms with Gasteiger partial charge in [-0.05, 0) is 13.8 Å². The molecule has 0 aliphatic carbocycles. The van der Waals surface area contributed by atoms with Crippen LogP contribution in [0.1, 0.15) is 13.8 Å². The molecule has 0 radical (unpaired) electrons. The Morgan fingerprint density at radius 3 is 2.64 bits per heavy atom. The summed E-state index contributed by atoms with van der Waals surface area (Å²) in [6.45, 7) is 3.92. The van der Waals surface area contributed by atoms with Gasteiger partial charge in [-0.1, -0.05) is 0 Å². The minimum absolute atomic E-state index is 0.0951. The standard InChI is InChI=1S/C8H17NO4S/c1-3-14(11,12)9-4-7(2)13-8(5-9)6-10/h7-8,10H,3-6H2,1-2H3. The first-order valence-electron chi connectivity index (χ1n) is 4.73. The zero-order chi connectivity index (χ0) is 10.8. The van der Waals surface area contributed by atoms with Crippen LogP contribution in [0, 0.1) is 0 Å². The highest BCUT2D eigenvalue weighted by atomic mass is 32.2. The summed E-state index contributed by atoms with van der Waals surface area (Å²) in [5.41, 5.74) is 0. The average molecular weight is 223 g/mol. The number of morpholine rings is 1. The molecule has 14 heavy (non-hydrogen) atoms.